The van der Waals surface area contributed by atoms with Crippen LogP contribution in [0.1, 0.15) is 38.1 Å². The van der Waals surface area contributed by atoms with E-state index in [2.05, 4.69) is 10.2 Å². The van der Waals surface area contributed by atoms with Crippen molar-refractivity contribution in [1.29, 1.82) is 0 Å². The van der Waals surface area contributed by atoms with Crippen LogP contribution in [-0.4, -0.2) is 40.3 Å². The molecule has 0 radical (unpaired) electrons. The number of carbonyl (C=O) groups excluding carboxylic acids is 3. The third kappa shape index (κ3) is 3.02. The minimum atomic E-state index is -0.678. The number of piperidine rings is 2. The van der Waals surface area contributed by atoms with Crippen LogP contribution in [0.25, 0.3) is 11.0 Å². The molecule has 148 valence electrons. The first kappa shape index (κ1) is 18.5. The smallest absolute Gasteiger partial charge is 0.329 e. The van der Waals surface area contributed by atoms with Gasteiger partial charge in [-0.1, -0.05) is 6.07 Å². The van der Waals surface area contributed by atoms with Gasteiger partial charge < -0.3 is 9.69 Å². The Morgan fingerprint density at radius 1 is 1.14 bits per heavy atom. The van der Waals surface area contributed by atoms with E-state index in [-0.39, 0.29) is 18.0 Å². The van der Waals surface area contributed by atoms with Crippen LogP contribution in [-0.2, 0) is 21.4 Å². The number of hydrogen-bond donors (Lipinski definition) is 1. The van der Waals surface area contributed by atoms with E-state index in [1.807, 2.05) is 18.2 Å². The molecule has 3 heterocycles. The number of aromatic nitrogens is 2. The fourth-order valence-corrected chi connectivity index (χ4v) is 4.45. The number of imidazole rings is 1. The van der Waals surface area contributed by atoms with Crippen LogP contribution in [0.15, 0.2) is 23.0 Å². The summed E-state index contributed by atoms with van der Waals surface area (Å²) in [5, 5.41) is 2.34. The third-order valence-corrected chi connectivity index (χ3v) is 5.99. The van der Waals surface area contributed by atoms with Crippen molar-refractivity contribution in [2.24, 2.45) is 13.0 Å². The largest absolute Gasteiger partial charge is 0.370 e. The Kier molecular flexibility index (Phi) is 4.78. The summed E-state index contributed by atoms with van der Waals surface area (Å²) in [5.41, 5.74) is 2.21. The molecule has 28 heavy (non-hydrogen) atoms. The van der Waals surface area contributed by atoms with Gasteiger partial charge in [-0.25, -0.2) is 4.79 Å². The molecule has 0 aliphatic carbocycles. The van der Waals surface area contributed by atoms with E-state index < -0.39 is 11.9 Å². The van der Waals surface area contributed by atoms with E-state index in [1.54, 1.807) is 11.6 Å². The average Bonchev–Trinajstić information content (AvgIpc) is 2.94. The second-order valence-electron chi connectivity index (χ2n) is 7.66. The summed E-state index contributed by atoms with van der Waals surface area (Å²) in [6, 6.07) is 5.07. The first-order valence-corrected chi connectivity index (χ1v) is 9.73. The van der Waals surface area contributed by atoms with Gasteiger partial charge in [-0.05, 0) is 37.3 Å². The standard InChI is InChI=1S/C20H24N4O4/c1-22-18-14(23-10-7-13(8-11-23)9-12-25)3-2-4-15(18)24(20(22)28)16-5-6-17(26)21-19(16)27/h2-4,12-13,16H,5-11H2,1H3,(H,21,26,27)/t16-/m1/s1. The number of aryl methyl sites for hydroxylation is 1. The molecule has 0 saturated carbocycles. The van der Waals surface area contributed by atoms with Crippen LogP contribution in [0.5, 0.6) is 0 Å². The topological polar surface area (TPSA) is 93.4 Å². The van der Waals surface area contributed by atoms with E-state index in [0.29, 0.717) is 24.3 Å². The number of benzene rings is 1. The molecule has 8 nitrogen and oxygen atoms in total. The zero-order chi connectivity index (χ0) is 19.8. The minimum absolute atomic E-state index is 0.225. The predicted molar refractivity (Wildman–Crippen MR) is 104 cm³/mol. The summed E-state index contributed by atoms with van der Waals surface area (Å²) in [5.74, 6) is -0.302. The van der Waals surface area contributed by atoms with E-state index in [4.69, 9.17) is 0 Å². The number of nitrogens with one attached hydrogen (secondary N) is 1. The number of imide groups is 1. The fourth-order valence-electron chi connectivity index (χ4n) is 4.45. The zero-order valence-corrected chi connectivity index (χ0v) is 15.9. The van der Waals surface area contributed by atoms with Crippen molar-refractivity contribution < 1.29 is 14.4 Å². The van der Waals surface area contributed by atoms with Gasteiger partial charge in [0.2, 0.25) is 11.8 Å². The molecule has 2 aliphatic heterocycles. The molecule has 2 aliphatic rings. The first-order valence-electron chi connectivity index (χ1n) is 9.73. The average molecular weight is 384 g/mol. The van der Waals surface area contributed by atoms with Gasteiger partial charge in [0.1, 0.15) is 12.3 Å². The van der Waals surface area contributed by atoms with Crippen molar-refractivity contribution in [3.8, 4) is 0 Å². The van der Waals surface area contributed by atoms with Crippen molar-refractivity contribution in [3.05, 3.63) is 28.7 Å². The van der Waals surface area contributed by atoms with E-state index in [9.17, 15) is 19.2 Å². The molecule has 1 aromatic carbocycles. The van der Waals surface area contributed by atoms with E-state index in [1.165, 1.54) is 4.57 Å². The monoisotopic (exact) mass is 384 g/mol. The minimum Gasteiger partial charge on any atom is -0.370 e. The molecule has 2 fully saturated rings. The van der Waals surface area contributed by atoms with Gasteiger partial charge >= 0.3 is 5.69 Å². The molecule has 2 aromatic rings. The van der Waals surface area contributed by atoms with E-state index >= 15 is 0 Å². The molecular formula is C20H24N4O4. The maximum absolute atomic E-state index is 13.0. The molecule has 8 heteroatoms. The number of anilines is 1. The predicted octanol–water partition coefficient (Wildman–Crippen LogP) is 1.12. The van der Waals surface area contributed by atoms with E-state index in [0.717, 1.165) is 43.4 Å². The summed E-state index contributed by atoms with van der Waals surface area (Å²) >= 11 is 0. The lowest BCUT2D eigenvalue weighted by molar-refractivity contribution is -0.135. The number of para-hydroxylation sites is 1. The Morgan fingerprint density at radius 3 is 2.57 bits per heavy atom. The SMILES string of the molecule is Cn1c(=O)n([C@@H]2CCC(=O)NC2=O)c2cccc(N3CCC(CC=O)CC3)c21. The zero-order valence-electron chi connectivity index (χ0n) is 15.9. The fraction of sp³-hybridized carbons (Fsp3) is 0.500. The van der Waals surface area contributed by atoms with Gasteiger partial charge in [0.05, 0.1) is 16.7 Å². The quantitative estimate of drug-likeness (QED) is 0.630. The van der Waals surface area contributed by atoms with Crippen LogP contribution in [0.4, 0.5) is 5.69 Å². The molecule has 1 N–H and O–H groups in total. The van der Waals surface area contributed by atoms with Crippen LogP contribution >= 0.6 is 0 Å². The van der Waals surface area contributed by atoms with Crippen molar-refractivity contribution in [3.63, 3.8) is 0 Å². The van der Waals surface area contributed by atoms with Gasteiger partial charge in [-0.15, -0.1) is 0 Å². The Hall–Kier alpha value is -2.90. The Bertz CT molecular complexity index is 998. The number of rotatable bonds is 4. The van der Waals surface area contributed by atoms with Gasteiger partial charge in [-0.3, -0.25) is 24.0 Å². The highest BCUT2D eigenvalue weighted by molar-refractivity contribution is 6.00. The molecule has 0 bridgehead atoms. The highest BCUT2D eigenvalue weighted by Crippen LogP contribution is 2.32. The molecule has 0 spiro atoms. The molecule has 2 amide bonds. The Balaban J connectivity index is 1.74. The van der Waals surface area contributed by atoms with Crippen LogP contribution < -0.4 is 15.9 Å². The maximum atomic E-state index is 13.0. The summed E-state index contributed by atoms with van der Waals surface area (Å²) in [4.78, 5) is 49.9. The molecular weight excluding hydrogens is 360 g/mol. The van der Waals surface area contributed by atoms with Crippen molar-refractivity contribution in [2.75, 3.05) is 18.0 Å². The third-order valence-electron chi connectivity index (χ3n) is 5.99. The number of fused-ring (bicyclic) bond motifs is 1. The Morgan fingerprint density at radius 2 is 1.89 bits per heavy atom. The number of nitrogens with zero attached hydrogens (tertiary/aromatic N) is 3. The molecule has 0 unspecified atom stereocenters. The lowest BCUT2D eigenvalue weighted by Crippen LogP contribution is -2.44. The van der Waals surface area contributed by atoms with Crippen molar-refractivity contribution >= 4 is 34.8 Å². The number of hydrogen-bond acceptors (Lipinski definition) is 5. The second-order valence-corrected chi connectivity index (χ2v) is 7.66. The lowest BCUT2D eigenvalue weighted by Gasteiger charge is -2.33. The Labute approximate surface area is 162 Å². The second kappa shape index (κ2) is 7.26. The highest BCUT2D eigenvalue weighted by atomic mass is 16.2. The molecule has 2 saturated heterocycles. The number of amides is 2. The molecule has 4 rings (SSSR count). The molecule has 1 atom stereocenters. The van der Waals surface area contributed by atoms with Crippen LogP contribution in [0.2, 0.25) is 0 Å². The first-order chi connectivity index (χ1) is 13.5. The molecule has 1 aromatic heterocycles. The summed E-state index contributed by atoms with van der Waals surface area (Å²) < 4.78 is 3.10. The van der Waals surface area contributed by atoms with Crippen LogP contribution in [0, 0.1) is 5.92 Å². The summed E-state index contributed by atoms with van der Waals surface area (Å²) in [6.45, 7) is 1.66. The van der Waals surface area contributed by atoms with Gasteiger partial charge in [-0.2, -0.15) is 0 Å². The van der Waals surface area contributed by atoms with Crippen LogP contribution in [0.3, 0.4) is 0 Å². The van der Waals surface area contributed by atoms with Crippen molar-refractivity contribution in [2.45, 2.75) is 38.1 Å². The van der Waals surface area contributed by atoms with Crippen molar-refractivity contribution in [1.82, 2.24) is 14.5 Å². The summed E-state index contributed by atoms with van der Waals surface area (Å²) in [7, 11) is 1.72. The van der Waals surface area contributed by atoms with Gasteiger partial charge in [0.25, 0.3) is 0 Å². The van der Waals surface area contributed by atoms with Gasteiger partial charge in [0, 0.05) is 33.0 Å². The number of aldehydes is 1. The lowest BCUT2D eigenvalue weighted by atomic mass is 9.94. The highest BCUT2D eigenvalue weighted by Gasteiger charge is 2.32. The number of carbonyl (C=O) groups is 3. The summed E-state index contributed by atoms with van der Waals surface area (Å²) in [6.07, 6.45) is 4.02. The maximum Gasteiger partial charge on any atom is 0.329 e. The normalized spacial score (nSPS) is 21.2. The van der Waals surface area contributed by atoms with Gasteiger partial charge in [0.15, 0.2) is 0 Å².